The minimum Gasteiger partial charge on any atom is -0.354 e. The molecule has 1 saturated heterocycles. The molecule has 1 fully saturated rings. The number of hydrogen-bond acceptors (Lipinski definition) is 6. The molecule has 1 amide bonds. The number of pyridine rings is 2. The Morgan fingerprint density at radius 3 is 2.65 bits per heavy atom. The minimum absolute atomic E-state index is 0.274. The largest absolute Gasteiger partial charge is 0.354 e. The van der Waals surface area contributed by atoms with Crippen molar-refractivity contribution in [1.82, 2.24) is 25.1 Å². The summed E-state index contributed by atoms with van der Waals surface area (Å²) in [4.78, 5) is 26.2. The van der Waals surface area contributed by atoms with Gasteiger partial charge in [-0.3, -0.25) is 14.9 Å². The maximum Gasteiger partial charge on any atom is 0.276 e. The van der Waals surface area contributed by atoms with Gasteiger partial charge >= 0.3 is 0 Å². The molecule has 0 spiro atoms. The summed E-state index contributed by atoms with van der Waals surface area (Å²) in [5, 5.41) is 10.8. The van der Waals surface area contributed by atoms with Crippen LogP contribution < -0.4 is 10.2 Å². The van der Waals surface area contributed by atoms with Crippen LogP contribution in [-0.4, -0.2) is 64.2 Å². The first-order valence-electron chi connectivity index (χ1n) is 10.3. The van der Waals surface area contributed by atoms with E-state index < -0.39 is 0 Å². The van der Waals surface area contributed by atoms with Crippen molar-refractivity contribution < 1.29 is 4.79 Å². The summed E-state index contributed by atoms with van der Waals surface area (Å²) < 4.78 is 0. The van der Waals surface area contributed by atoms with Crippen molar-refractivity contribution in [3.63, 3.8) is 0 Å². The number of nitrogens with one attached hydrogen (secondary N) is 2. The maximum atomic E-state index is 12.9. The topological polar surface area (TPSA) is 90.0 Å². The van der Waals surface area contributed by atoms with Crippen LogP contribution in [0.3, 0.4) is 0 Å². The van der Waals surface area contributed by atoms with Gasteiger partial charge in [-0.1, -0.05) is 12.1 Å². The van der Waals surface area contributed by atoms with Crippen molar-refractivity contribution in [2.75, 3.05) is 43.4 Å². The highest BCUT2D eigenvalue weighted by molar-refractivity contribution is 6.11. The van der Waals surface area contributed by atoms with E-state index in [1.54, 1.807) is 18.6 Å². The number of benzene rings is 1. The molecule has 0 saturated carbocycles. The lowest BCUT2D eigenvalue weighted by Gasteiger charge is -2.33. The van der Waals surface area contributed by atoms with Crippen LogP contribution >= 0.6 is 0 Å². The fourth-order valence-corrected chi connectivity index (χ4v) is 3.77. The highest BCUT2D eigenvalue weighted by Crippen LogP contribution is 2.25. The average Bonchev–Trinajstić information content (AvgIpc) is 3.24. The molecule has 2 N–H and O–H groups in total. The number of fused-ring (bicyclic) bond motifs is 1. The van der Waals surface area contributed by atoms with Gasteiger partial charge < -0.3 is 15.1 Å². The second-order valence-corrected chi connectivity index (χ2v) is 7.72. The van der Waals surface area contributed by atoms with Crippen molar-refractivity contribution in [2.45, 2.75) is 0 Å². The summed E-state index contributed by atoms with van der Waals surface area (Å²) in [6, 6.07) is 13.6. The Kier molecular flexibility index (Phi) is 5.05. The standard InChI is InChI=1S/C23H23N7O/c1-29-9-11-30(12-10-29)21-7-5-18(15-25-21)26-23(31)22-19-13-16(4-6-20(19)27-28-22)17-3-2-8-24-14-17/h2-8,13-15H,9-12H2,1H3,(H,26,31)(H,27,28). The molecule has 31 heavy (non-hydrogen) atoms. The fourth-order valence-electron chi connectivity index (χ4n) is 3.77. The highest BCUT2D eigenvalue weighted by atomic mass is 16.1. The van der Waals surface area contributed by atoms with Crippen LogP contribution in [0.15, 0.2) is 61.1 Å². The minimum atomic E-state index is -0.274. The molecule has 0 bridgehead atoms. The predicted octanol–water partition coefficient (Wildman–Crippen LogP) is 3.02. The third kappa shape index (κ3) is 3.97. The van der Waals surface area contributed by atoms with Crippen molar-refractivity contribution in [3.8, 4) is 11.1 Å². The zero-order chi connectivity index (χ0) is 21.2. The van der Waals surface area contributed by atoms with Crippen molar-refractivity contribution in [1.29, 1.82) is 0 Å². The van der Waals surface area contributed by atoms with Crippen LogP contribution in [0.5, 0.6) is 0 Å². The molecule has 1 aliphatic heterocycles. The quantitative estimate of drug-likeness (QED) is 0.535. The van der Waals surface area contributed by atoms with Crippen LogP contribution in [0.2, 0.25) is 0 Å². The molecule has 0 radical (unpaired) electrons. The van der Waals surface area contributed by atoms with E-state index in [-0.39, 0.29) is 5.91 Å². The van der Waals surface area contributed by atoms with E-state index in [0.29, 0.717) is 11.4 Å². The number of hydrogen-bond donors (Lipinski definition) is 2. The predicted molar refractivity (Wildman–Crippen MR) is 121 cm³/mol. The Morgan fingerprint density at radius 1 is 1.03 bits per heavy atom. The summed E-state index contributed by atoms with van der Waals surface area (Å²) in [6.45, 7) is 3.95. The first-order valence-corrected chi connectivity index (χ1v) is 10.3. The van der Waals surface area contributed by atoms with Crippen LogP contribution in [0, 0.1) is 0 Å². The van der Waals surface area contributed by atoms with E-state index in [1.807, 2.05) is 42.5 Å². The summed E-state index contributed by atoms with van der Waals surface area (Å²) in [6.07, 6.45) is 5.23. The number of piperazine rings is 1. The van der Waals surface area contributed by atoms with Gasteiger partial charge in [0.1, 0.15) is 5.82 Å². The summed E-state index contributed by atoms with van der Waals surface area (Å²) in [5.74, 6) is 0.654. The monoisotopic (exact) mass is 413 g/mol. The molecule has 1 aromatic carbocycles. The van der Waals surface area contributed by atoms with E-state index >= 15 is 0 Å². The number of carbonyl (C=O) groups excluding carboxylic acids is 1. The average molecular weight is 413 g/mol. The number of likely N-dealkylation sites (N-methyl/N-ethyl adjacent to an activating group) is 1. The van der Waals surface area contributed by atoms with Crippen LogP contribution in [0.1, 0.15) is 10.5 Å². The first kappa shape index (κ1) is 19.2. The SMILES string of the molecule is CN1CCN(c2ccc(NC(=O)c3n[nH]c4ccc(-c5cccnc5)cc34)cn2)CC1. The Hall–Kier alpha value is -3.78. The molecule has 1 aliphatic rings. The molecule has 8 nitrogen and oxygen atoms in total. The third-order valence-corrected chi connectivity index (χ3v) is 5.61. The molecule has 8 heteroatoms. The number of nitrogens with zero attached hydrogens (tertiary/aromatic N) is 5. The number of anilines is 2. The second kappa shape index (κ2) is 8.16. The molecular formula is C23H23N7O. The molecule has 0 aliphatic carbocycles. The number of H-pyrrole nitrogens is 1. The van der Waals surface area contributed by atoms with Crippen LogP contribution in [0.4, 0.5) is 11.5 Å². The van der Waals surface area contributed by atoms with E-state index in [9.17, 15) is 4.79 Å². The van der Waals surface area contributed by atoms with Gasteiger partial charge in [0.15, 0.2) is 5.69 Å². The van der Waals surface area contributed by atoms with Crippen molar-refractivity contribution >= 4 is 28.3 Å². The molecule has 4 aromatic rings. The normalized spacial score (nSPS) is 14.7. The van der Waals surface area contributed by atoms with Gasteiger partial charge in [-0.15, -0.1) is 0 Å². The number of aromatic nitrogens is 4. The summed E-state index contributed by atoms with van der Waals surface area (Å²) in [5.41, 5.74) is 3.77. The van der Waals surface area contributed by atoms with E-state index in [2.05, 4.69) is 42.3 Å². The first-order chi connectivity index (χ1) is 15.2. The highest BCUT2D eigenvalue weighted by Gasteiger charge is 2.17. The van der Waals surface area contributed by atoms with Gasteiger partial charge in [-0.05, 0) is 42.9 Å². The van der Waals surface area contributed by atoms with Gasteiger partial charge in [-0.2, -0.15) is 5.10 Å². The number of amides is 1. The van der Waals surface area contributed by atoms with Crippen molar-refractivity contribution in [2.24, 2.45) is 0 Å². The lowest BCUT2D eigenvalue weighted by Crippen LogP contribution is -2.44. The molecule has 3 aromatic heterocycles. The summed E-state index contributed by atoms with van der Waals surface area (Å²) in [7, 11) is 2.13. The second-order valence-electron chi connectivity index (χ2n) is 7.72. The maximum absolute atomic E-state index is 12.9. The van der Waals surface area contributed by atoms with Gasteiger partial charge in [-0.25, -0.2) is 4.98 Å². The van der Waals surface area contributed by atoms with Crippen molar-refractivity contribution in [3.05, 3.63) is 66.7 Å². The zero-order valence-corrected chi connectivity index (χ0v) is 17.2. The molecular weight excluding hydrogens is 390 g/mol. The van der Waals surface area contributed by atoms with Crippen LogP contribution in [0.25, 0.3) is 22.0 Å². The number of rotatable bonds is 4. The van der Waals surface area contributed by atoms with E-state index in [4.69, 9.17) is 0 Å². The lowest BCUT2D eigenvalue weighted by atomic mass is 10.0. The Balaban J connectivity index is 1.34. The molecule has 5 rings (SSSR count). The van der Waals surface area contributed by atoms with Gasteiger partial charge in [0, 0.05) is 49.5 Å². The Morgan fingerprint density at radius 2 is 1.90 bits per heavy atom. The van der Waals surface area contributed by atoms with Gasteiger partial charge in [0.2, 0.25) is 0 Å². The number of aromatic amines is 1. The van der Waals surface area contributed by atoms with Gasteiger partial charge in [0.25, 0.3) is 5.91 Å². The molecule has 156 valence electrons. The fraction of sp³-hybridized carbons (Fsp3) is 0.217. The zero-order valence-electron chi connectivity index (χ0n) is 17.2. The lowest BCUT2D eigenvalue weighted by molar-refractivity contribution is 0.102. The van der Waals surface area contributed by atoms with Gasteiger partial charge in [0.05, 0.1) is 17.4 Å². The third-order valence-electron chi connectivity index (χ3n) is 5.61. The smallest absolute Gasteiger partial charge is 0.276 e. The molecule has 4 heterocycles. The van der Waals surface area contributed by atoms with E-state index in [0.717, 1.165) is 54.0 Å². The molecule has 0 atom stereocenters. The van der Waals surface area contributed by atoms with E-state index in [1.165, 1.54) is 0 Å². The van der Waals surface area contributed by atoms with Crippen LogP contribution in [-0.2, 0) is 0 Å². The molecule has 0 unspecified atom stereocenters. The Bertz CT molecular complexity index is 1200. The number of carbonyl (C=O) groups is 1. The Labute approximate surface area is 179 Å². The summed E-state index contributed by atoms with van der Waals surface area (Å²) >= 11 is 0.